The summed E-state index contributed by atoms with van der Waals surface area (Å²) < 4.78 is 5.24. The van der Waals surface area contributed by atoms with Gasteiger partial charge in [0.05, 0.1) is 0 Å². The second kappa shape index (κ2) is 7.43. The summed E-state index contributed by atoms with van der Waals surface area (Å²) in [7, 11) is 0. The van der Waals surface area contributed by atoms with E-state index in [1.54, 1.807) is 6.92 Å². The summed E-state index contributed by atoms with van der Waals surface area (Å²) in [6.45, 7) is 10.7. The number of carbonyl (C=O) groups excluding carboxylic acids is 1. The van der Waals surface area contributed by atoms with Crippen LogP contribution in [0.1, 0.15) is 47.5 Å². The molecule has 0 rings (SSSR count). The molecule has 0 N–H and O–H groups in total. The highest BCUT2D eigenvalue weighted by molar-refractivity contribution is 5.84. The lowest BCUT2D eigenvalue weighted by Gasteiger charge is -2.20. The summed E-state index contributed by atoms with van der Waals surface area (Å²) in [5.41, 5.74) is 1.06. The van der Waals surface area contributed by atoms with E-state index in [1.807, 2.05) is 20.8 Å². The van der Waals surface area contributed by atoms with E-state index in [1.165, 1.54) is 0 Å². The predicted octanol–water partition coefficient (Wildman–Crippen LogP) is 2.84. The van der Waals surface area contributed by atoms with E-state index < -0.39 is 0 Å². The minimum Gasteiger partial charge on any atom is -0.462 e. The van der Waals surface area contributed by atoms with Crippen LogP contribution >= 0.6 is 0 Å². The monoisotopic (exact) mass is 213 g/mol. The molecule has 0 spiro atoms. The number of hydrogen-bond donors (Lipinski definition) is 0. The van der Waals surface area contributed by atoms with Gasteiger partial charge in [0.25, 0.3) is 0 Å². The predicted molar refractivity (Wildman–Crippen MR) is 63.3 cm³/mol. The minimum atomic E-state index is -0.141. The summed E-state index contributed by atoms with van der Waals surface area (Å²) in [6, 6.07) is 0. The van der Waals surface area contributed by atoms with Crippen molar-refractivity contribution in [2.45, 2.75) is 53.6 Å². The molecule has 0 saturated heterocycles. The Labute approximate surface area is 92.9 Å². The molecule has 2 unspecified atom stereocenters. The van der Waals surface area contributed by atoms with Crippen molar-refractivity contribution < 1.29 is 9.53 Å². The van der Waals surface area contributed by atoms with Gasteiger partial charge in [-0.3, -0.25) is 9.79 Å². The molecule has 0 aromatic heterocycles. The number of aliphatic imine (C=N–C) groups is 1. The largest absolute Gasteiger partial charge is 0.462 e. The maximum Gasteiger partial charge on any atom is 0.305 e. The Bertz CT molecular complexity index is 224. The van der Waals surface area contributed by atoms with E-state index in [-0.39, 0.29) is 18.0 Å². The number of esters is 1. The topological polar surface area (TPSA) is 38.7 Å². The van der Waals surface area contributed by atoms with Crippen molar-refractivity contribution in [2.24, 2.45) is 10.9 Å². The van der Waals surface area contributed by atoms with E-state index in [0.717, 1.165) is 18.7 Å². The lowest BCUT2D eigenvalue weighted by Crippen LogP contribution is -2.26. The molecule has 0 saturated carbocycles. The molecule has 0 aliphatic heterocycles. The number of ether oxygens (including phenoxy) is 1. The zero-order valence-corrected chi connectivity index (χ0v) is 10.5. The third kappa shape index (κ3) is 5.55. The van der Waals surface area contributed by atoms with Crippen molar-refractivity contribution in [2.75, 3.05) is 6.54 Å². The van der Waals surface area contributed by atoms with Crippen molar-refractivity contribution in [3.63, 3.8) is 0 Å². The van der Waals surface area contributed by atoms with Crippen LogP contribution in [0.3, 0.4) is 0 Å². The fraction of sp³-hybridized carbons (Fsp3) is 0.833. The maximum atomic E-state index is 11.1. The average molecular weight is 213 g/mol. The van der Waals surface area contributed by atoms with E-state index in [9.17, 15) is 4.79 Å². The van der Waals surface area contributed by atoms with Gasteiger partial charge < -0.3 is 4.74 Å². The molecule has 0 aliphatic carbocycles. The first kappa shape index (κ1) is 14.1. The third-order valence-electron chi connectivity index (χ3n) is 2.55. The highest BCUT2D eigenvalue weighted by Crippen LogP contribution is 2.10. The Morgan fingerprint density at radius 3 is 2.40 bits per heavy atom. The Balaban J connectivity index is 4.18. The first-order chi connectivity index (χ1) is 7.02. The number of rotatable bonds is 6. The molecule has 0 aliphatic rings. The van der Waals surface area contributed by atoms with Crippen molar-refractivity contribution in [1.82, 2.24) is 0 Å². The zero-order chi connectivity index (χ0) is 11.8. The van der Waals surface area contributed by atoms with Crippen molar-refractivity contribution in [1.29, 1.82) is 0 Å². The fourth-order valence-electron chi connectivity index (χ4n) is 1.16. The van der Waals surface area contributed by atoms with Crippen LogP contribution in [-0.4, -0.2) is 24.3 Å². The number of hydrogen-bond acceptors (Lipinski definition) is 3. The molecule has 0 aromatic carbocycles. The van der Waals surface area contributed by atoms with E-state index in [2.05, 4.69) is 11.9 Å². The number of carbonyl (C=O) groups is 1. The Kier molecular flexibility index (Phi) is 7.01. The molecule has 3 nitrogen and oxygen atoms in total. The van der Waals surface area contributed by atoms with Gasteiger partial charge in [0.2, 0.25) is 0 Å². The second-order valence-corrected chi connectivity index (χ2v) is 3.86. The van der Waals surface area contributed by atoms with Gasteiger partial charge >= 0.3 is 5.97 Å². The molecule has 88 valence electrons. The molecule has 0 bridgehead atoms. The van der Waals surface area contributed by atoms with Crippen LogP contribution in [0.4, 0.5) is 0 Å². The first-order valence-electron chi connectivity index (χ1n) is 5.73. The van der Waals surface area contributed by atoms with Crippen molar-refractivity contribution in [3.05, 3.63) is 0 Å². The van der Waals surface area contributed by atoms with Crippen LogP contribution in [0.5, 0.6) is 0 Å². The second-order valence-electron chi connectivity index (χ2n) is 3.86. The van der Waals surface area contributed by atoms with Gasteiger partial charge in [0.1, 0.15) is 6.10 Å². The van der Waals surface area contributed by atoms with Gasteiger partial charge in [-0.05, 0) is 20.3 Å². The SMILES string of the molecule is CCCN=C(C)C(C)C(C)OC(=O)CC. The summed E-state index contributed by atoms with van der Waals surface area (Å²) in [4.78, 5) is 15.5. The van der Waals surface area contributed by atoms with Crippen LogP contribution in [-0.2, 0) is 9.53 Å². The van der Waals surface area contributed by atoms with Crippen molar-refractivity contribution >= 4 is 11.7 Å². The fourth-order valence-corrected chi connectivity index (χ4v) is 1.16. The molecule has 0 amide bonds. The smallest absolute Gasteiger partial charge is 0.305 e. The van der Waals surface area contributed by atoms with Gasteiger partial charge in [-0.2, -0.15) is 0 Å². The van der Waals surface area contributed by atoms with Crippen LogP contribution in [0.25, 0.3) is 0 Å². The Hall–Kier alpha value is -0.860. The van der Waals surface area contributed by atoms with Gasteiger partial charge in [-0.1, -0.05) is 20.8 Å². The lowest BCUT2D eigenvalue weighted by atomic mass is 10.0. The number of nitrogens with zero attached hydrogens (tertiary/aromatic N) is 1. The molecule has 0 heterocycles. The summed E-state index contributed by atoms with van der Waals surface area (Å²) in [5, 5.41) is 0. The minimum absolute atomic E-state index is 0.0851. The Morgan fingerprint density at radius 2 is 1.93 bits per heavy atom. The molecule has 0 fully saturated rings. The average Bonchev–Trinajstić information content (AvgIpc) is 2.24. The molecule has 0 aromatic rings. The van der Waals surface area contributed by atoms with Crippen LogP contribution in [0.2, 0.25) is 0 Å². The van der Waals surface area contributed by atoms with E-state index in [0.29, 0.717) is 6.42 Å². The molecular weight excluding hydrogens is 190 g/mol. The highest BCUT2D eigenvalue weighted by Gasteiger charge is 2.18. The zero-order valence-electron chi connectivity index (χ0n) is 10.5. The van der Waals surface area contributed by atoms with Gasteiger partial charge in [-0.15, -0.1) is 0 Å². The van der Waals surface area contributed by atoms with Crippen molar-refractivity contribution in [3.8, 4) is 0 Å². The third-order valence-corrected chi connectivity index (χ3v) is 2.55. The first-order valence-corrected chi connectivity index (χ1v) is 5.73. The molecule has 15 heavy (non-hydrogen) atoms. The highest BCUT2D eigenvalue weighted by atomic mass is 16.5. The molecule has 0 radical (unpaired) electrons. The van der Waals surface area contributed by atoms with Gasteiger partial charge in [0, 0.05) is 24.6 Å². The van der Waals surface area contributed by atoms with Crippen LogP contribution < -0.4 is 0 Å². The Morgan fingerprint density at radius 1 is 1.33 bits per heavy atom. The molecular formula is C12H23NO2. The summed E-state index contributed by atoms with van der Waals surface area (Å²) in [5.74, 6) is 0.0599. The van der Waals surface area contributed by atoms with Gasteiger partial charge in [-0.25, -0.2) is 0 Å². The van der Waals surface area contributed by atoms with Crippen LogP contribution in [0.15, 0.2) is 4.99 Å². The molecule has 2 atom stereocenters. The standard InChI is InChI=1S/C12H23NO2/c1-6-8-13-10(4)9(3)11(5)15-12(14)7-2/h9,11H,6-8H2,1-5H3. The normalized spacial score (nSPS) is 15.9. The summed E-state index contributed by atoms with van der Waals surface area (Å²) in [6.07, 6.45) is 1.40. The summed E-state index contributed by atoms with van der Waals surface area (Å²) >= 11 is 0. The van der Waals surface area contributed by atoms with Gasteiger partial charge in [0.15, 0.2) is 0 Å². The lowest BCUT2D eigenvalue weighted by molar-refractivity contribution is -0.148. The molecule has 3 heteroatoms. The van der Waals surface area contributed by atoms with Crippen LogP contribution in [0, 0.1) is 5.92 Å². The quantitative estimate of drug-likeness (QED) is 0.502. The maximum absolute atomic E-state index is 11.1. The van der Waals surface area contributed by atoms with E-state index in [4.69, 9.17) is 4.74 Å². The van der Waals surface area contributed by atoms with E-state index >= 15 is 0 Å².